The van der Waals surface area contributed by atoms with Crippen LogP contribution in [0.25, 0.3) is 0 Å². The molecule has 10 heteroatoms. The number of carbonyl (C=O) groups is 1. The summed E-state index contributed by atoms with van der Waals surface area (Å²) in [5.41, 5.74) is 1.75. The molecule has 3 aliphatic heterocycles. The number of fused-ring (bicyclic) bond motifs is 1. The Morgan fingerprint density at radius 1 is 0.933 bits per heavy atom. The molecule has 3 aliphatic rings. The first kappa shape index (κ1) is 18.7. The molecule has 10 nitrogen and oxygen atoms in total. The van der Waals surface area contributed by atoms with Gasteiger partial charge in [-0.05, 0) is 12.1 Å². The number of rotatable bonds is 3. The van der Waals surface area contributed by atoms with Crippen LogP contribution < -0.4 is 24.6 Å². The summed E-state index contributed by atoms with van der Waals surface area (Å²) in [6.45, 7) is 6.02. The number of hydrogen-bond acceptors (Lipinski definition) is 8. The van der Waals surface area contributed by atoms with E-state index in [1.165, 1.54) is 0 Å². The number of ether oxygens (including phenoxy) is 3. The van der Waals surface area contributed by atoms with Crippen LogP contribution in [-0.4, -0.2) is 80.4 Å². The zero-order valence-corrected chi connectivity index (χ0v) is 16.6. The number of carbonyl (C=O) groups excluding carboxylic acids is 1. The van der Waals surface area contributed by atoms with E-state index in [9.17, 15) is 4.79 Å². The predicted octanol–water partition coefficient (Wildman–Crippen LogP) is 1.40. The van der Waals surface area contributed by atoms with Crippen LogP contribution in [-0.2, 0) is 4.74 Å². The maximum atomic E-state index is 12.6. The summed E-state index contributed by atoms with van der Waals surface area (Å²) in [4.78, 5) is 18.9. The Hall–Kier alpha value is -3.27. The molecule has 5 rings (SSSR count). The van der Waals surface area contributed by atoms with Gasteiger partial charge in [0.25, 0.3) is 0 Å². The lowest BCUT2D eigenvalue weighted by Gasteiger charge is -2.35. The first-order chi connectivity index (χ1) is 14.8. The fourth-order valence-electron chi connectivity index (χ4n) is 3.81. The first-order valence-electron chi connectivity index (χ1n) is 10.1. The Balaban J connectivity index is 1.17. The highest BCUT2D eigenvalue weighted by Crippen LogP contribution is 2.34. The van der Waals surface area contributed by atoms with E-state index in [4.69, 9.17) is 14.2 Å². The van der Waals surface area contributed by atoms with Crippen molar-refractivity contribution in [1.29, 1.82) is 0 Å². The van der Waals surface area contributed by atoms with Crippen molar-refractivity contribution in [2.24, 2.45) is 0 Å². The highest BCUT2D eigenvalue weighted by molar-refractivity contribution is 5.90. The highest BCUT2D eigenvalue weighted by atomic mass is 16.7. The van der Waals surface area contributed by atoms with Gasteiger partial charge in [0.05, 0.1) is 25.1 Å². The molecule has 2 fully saturated rings. The zero-order valence-electron chi connectivity index (χ0n) is 16.6. The van der Waals surface area contributed by atoms with Crippen molar-refractivity contribution in [3.63, 3.8) is 0 Å². The molecule has 2 saturated heterocycles. The third-order valence-corrected chi connectivity index (χ3v) is 5.52. The Labute approximate surface area is 174 Å². The molecular weight excluding hydrogens is 388 g/mol. The predicted molar refractivity (Wildman–Crippen MR) is 110 cm³/mol. The lowest BCUT2D eigenvalue weighted by Crippen LogP contribution is -2.50. The van der Waals surface area contributed by atoms with Crippen LogP contribution in [0.2, 0.25) is 0 Å². The smallest absolute Gasteiger partial charge is 0.321 e. The standard InChI is InChI=1S/C20H24N6O4/c27-20(22-15-1-2-17-18(11-15)30-14-29-17)26-5-3-25(4-6-26)19-12-16(13-21-23-19)24-7-9-28-10-8-24/h1-2,11-13H,3-10,14H2,(H,22,27). The Bertz CT molecular complexity index is 912. The van der Waals surface area contributed by atoms with Gasteiger partial charge in [0.15, 0.2) is 17.3 Å². The molecule has 0 aliphatic carbocycles. The normalized spacial score (nSPS) is 18.5. The van der Waals surface area contributed by atoms with Crippen molar-refractivity contribution in [3.8, 4) is 11.5 Å². The summed E-state index contributed by atoms with van der Waals surface area (Å²) in [5, 5.41) is 11.4. The van der Waals surface area contributed by atoms with Crippen LogP contribution in [0.15, 0.2) is 30.5 Å². The van der Waals surface area contributed by atoms with E-state index in [2.05, 4.69) is 31.4 Å². The van der Waals surface area contributed by atoms with Gasteiger partial charge in [-0.1, -0.05) is 0 Å². The maximum absolute atomic E-state index is 12.6. The summed E-state index contributed by atoms with van der Waals surface area (Å²) >= 11 is 0. The number of morpholine rings is 1. The molecule has 0 atom stereocenters. The van der Waals surface area contributed by atoms with E-state index in [0.29, 0.717) is 43.4 Å². The summed E-state index contributed by atoms with van der Waals surface area (Å²) in [6, 6.07) is 7.34. The van der Waals surface area contributed by atoms with Gasteiger partial charge in [0.1, 0.15) is 0 Å². The minimum atomic E-state index is -0.123. The number of amides is 2. The third kappa shape index (κ3) is 3.90. The minimum absolute atomic E-state index is 0.123. The number of anilines is 3. The van der Waals surface area contributed by atoms with Gasteiger partial charge in [0, 0.05) is 57.1 Å². The fraction of sp³-hybridized carbons (Fsp3) is 0.450. The van der Waals surface area contributed by atoms with E-state index >= 15 is 0 Å². The van der Waals surface area contributed by atoms with Gasteiger partial charge < -0.3 is 34.2 Å². The number of aromatic nitrogens is 2. The van der Waals surface area contributed by atoms with Crippen LogP contribution in [0.5, 0.6) is 11.5 Å². The second-order valence-electron chi connectivity index (χ2n) is 7.34. The summed E-state index contributed by atoms with van der Waals surface area (Å²) in [7, 11) is 0. The molecule has 158 valence electrons. The molecule has 1 aromatic heterocycles. The molecule has 0 bridgehead atoms. The molecule has 0 unspecified atom stereocenters. The van der Waals surface area contributed by atoms with Gasteiger partial charge in [-0.15, -0.1) is 5.10 Å². The SMILES string of the molecule is O=C(Nc1ccc2c(c1)OCO2)N1CCN(c2cc(N3CCOCC3)cnn2)CC1. The average Bonchev–Trinajstić information content (AvgIpc) is 3.28. The van der Waals surface area contributed by atoms with Crippen LogP contribution in [0.1, 0.15) is 0 Å². The van der Waals surface area contributed by atoms with Gasteiger partial charge >= 0.3 is 6.03 Å². The molecule has 0 radical (unpaired) electrons. The Morgan fingerprint density at radius 2 is 1.73 bits per heavy atom. The number of piperazine rings is 1. The van der Waals surface area contributed by atoms with E-state index in [1.54, 1.807) is 23.2 Å². The van der Waals surface area contributed by atoms with Gasteiger partial charge in [-0.2, -0.15) is 5.10 Å². The average molecular weight is 412 g/mol. The number of hydrogen-bond donors (Lipinski definition) is 1. The van der Waals surface area contributed by atoms with Crippen LogP contribution in [0.4, 0.5) is 22.0 Å². The largest absolute Gasteiger partial charge is 0.454 e. The lowest BCUT2D eigenvalue weighted by molar-refractivity contribution is 0.122. The topological polar surface area (TPSA) is 92.3 Å². The molecule has 0 spiro atoms. The molecule has 0 saturated carbocycles. The van der Waals surface area contributed by atoms with Crippen molar-refractivity contribution in [1.82, 2.24) is 15.1 Å². The van der Waals surface area contributed by atoms with E-state index in [1.807, 2.05) is 6.07 Å². The second kappa shape index (κ2) is 8.23. The molecule has 4 heterocycles. The monoisotopic (exact) mass is 412 g/mol. The quantitative estimate of drug-likeness (QED) is 0.809. The van der Waals surface area contributed by atoms with Crippen molar-refractivity contribution in [2.45, 2.75) is 0 Å². The van der Waals surface area contributed by atoms with Gasteiger partial charge in [-0.25, -0.2) is 4.79 Å². The van der Waals surface area contributed by atoms with E-state index in [-0.39, 0.29) is 12.8 Å². The Kier molecular flexibility index (Phi) is 5.14. The van der Waals surface area contributed by atoms with E-state index in [0.717, 1.165) is 37.8 Å². The fourth-order valence-corrected chi connectivity index (χ4v) is 3.81. The lowest BCUT2D eigenvalue weighted by atomic mass is 10.2. The van der Waals surface area contributed by atoms with E-state index < -0.39 is 0 Å². The van der Waals surface area contributed by atoms with Crippen molar-refractivity contribution >= 4 is 23.2 Å². The molecule has 1 aromatic carbocycles. The minimum Gasteiger partial charge on any atom is -0.454 e. The van der Waals surface area contributed by atoms with Crippen molar-refractivity contribution < 1.29 is 19.0 Å². The number of urea groups is 1. The van der Waals surface area contributed by atoms with Crippen LogP contribution in [0, 0.1) is 0 Å². The van der Waals surface area contributed by atoms with Crippen LogP contribution in [0.3, 0.4) is 0 Å². The molecular formula is C20H24N6O4. The number of nitrogens with one attached hydrogen (secondary N) is 1. The molecule has 30 heavy (non-hydrogen) atoms. The number of benzene rings is 1. The maximum Gasteiger partial charge on any atom is 0.321 e. The highest BCUT2D eigenvalue weighted by Gasteiger charge is 2.24. The third-order valence-electron chi connectivity index (χ3n) is 5.52. The first-order valence-corrected chi connectivity index (χ1v) is 10.1. The van der Waals surface area contributed by atoms with Crippen LogP contribution >= 0.6 is 0 Å². The van der Waals surface area contributed by atoms with Crippen molar-refractivity contribution in [3.05, 3.63) is 30.5 Å². The molecule has 1 N–H and O–H groups in total. The summed E-state index contributed by atoms with van der Waals surface area (Å²) < 4.78 is 16.1. The molecule has 2 aromatic rings. The zero-order chi connectivity index (χ0) is 20.3. The van der Waals surface area contributed by atoms with Gasteiger partial charge in [-0.3, -0.25) is 0 Å². The Morgan fingerprint density at radius 3 is 2.57 bits per heavy atom. The number of nitrogens with zero attached hydrogens (tertiary/aromatic N) is 5. The second-order valence-corrected chi connectivity index (χ2v) is 7.34. The molecule has 2 amide bonds. The van der Waals surface area contributed by atoms with Gasteiger partial charge in [0.2, 0.25) is 6.79 Å². The summed E-state index contributed by atoms with van der Waals surface area (Å²) in [5.74, 6) is 2.19. The summed E-state index contributed by atoms with van der Waals surface area (Å²) in [6.07, 6.45) is 1.80. The van der Waals surface area contributed by atoms with Crippen molar-refractivity contribution in [2.75, 3.05) is 74.4 Å².